The van der Waals surface area contributed by atoms with E-state index in [9.17, 15) is 4.57 Å². The smallest absolute Gasteiger partial charge is 0.311 e. The molecule has 0 radical (unpaired) electrons. The van der Waals surface area contributed by atoms with E-state index in [0.29, 0.717) is 5.25 Å². The van der Waals surface area contributed by atoms with Crippen LogP contribution in [0.25, 0.3) is 0 Å². The molecule has 15 heavy (non-hydrogen) atoms. The van der Waals surface area contributed by atoms with Gasteiger partial charge in [-0.3, -0.25) is 4.57 Å². The molecule has 0 spiro atoms. The van der Waals surface area contributed by atoms with Crippen LogP contribution in [-0.2, 0) is 13.6 Å². The first-order valence-corrected chi connectivity index (χ1v) is 7.52. The molecule has 0 aliphatic carbocycles. The van der Waals surface area contributed by atoms with Crippen LogP contribution in [0.1, 0.15) is 20.8 Å². The molecule has 6 heteroatoms. The normalized spacial score (nSPS) is 15.8. The maximum atomic E-state index is 12.0. The van der Waals surface area contributed by atoms with Crippen LogP contribution in [0.3, 0.4) is 0 Å². The fourth-order valence-corrected chi connectivity index (χ4v) is 4.05. The van der Waals surface area contributed by atoms with Crippen molar-refractivity contribution in [1.82, 2.24) is 0 Å². The Hall–Kier alpha value is 0.530. The molecule has 1 atom stereocenters. The van der Waals surface area contributed by atoms with Crippen LogP contribution in [0, 0.1) is 0 Å². The van der Waals surface area contributed by atoms with Crippen molar-refractivity contribution in [1.29, 1.82) is 0 Å². The van der Waals surface area contributed by atoms with Crippen LogP contribution in [0.15, 0.2) is 11.0 Å². The van der Waals surface area contributed by atoms with Gasteiger partial charge in [-0.1, -0.05) is 19.9 Å². The largest absolute Gasteiger partial charge is 0.352 e. The number of halogens is 1. The molecule has 0 N–H and O–H groups in total. The molecule has 1 unspecified atom stereocenters. The zero-order valence-electron chi connectivity index (χ0n) is 9.69. The summed E-state index contributed by atoms with van der Waals surface area (Å²) in [5, 5.41) is -0.357. The Bertz CT molecular complexity index is 260. The first-order valence-electron chi connectivity index (χ1n) is 4.59. The van der Waals surface area contributed by atoms with E-state index in [1.807, 2.05) is 26.8 Å². The molecule has 0 bridgehead atoms. The second-order valence-corrected chi connectivity index (χ2v) is 7.82. The number of hydrogen-bond acceptors (Lipinski definition) is 4. The van der Waals surface area contributed by atoms with Crippen LogP contribution in [0.4, 0.5) is 0 Å². The highest BCUT2D eigenvalue weighted by Gasteiger charge is 2.35. The number of allylic oxidation sites excluding steroid dienone is 2. The topological polar surface area (TPSA) is 35.5 Å². The SMILES string of the molecule is CC=C(SC(C)C)C(Cl)P(=O)(OC)OC. The highest BCUT2D eigenvalue weighted by atomic mass is 35.5. The molecule has 0 aromatic heterocycles. The fourth-order valence-electron chi connectivity index (χ4n) is 0.949. The minimum Gasteiger partial charge on any atom is -0.311 e. The summed E-state index contributed by atoms with van der Waals surface area (Å²) in [7, 11) is -0.544. The number of rotatable bonds is 6. The van der Waals surface area contributed by atoms with Crippen molar-refractivity contribution in [3.8, 4) is 0 Å². The van der Waals surface area contributed by atoms with Crippen LogP contribution < -0.4 is 0 Å². The fraction of sp³-hybridized carbons (Fsp3) is 0.778. The number of thioether (sulfide) groups is 1. The molecule has 0 rings (SSSR count). The van der Waals surface area contributed by atoms with Crippen molar-refractivity contribution in [2.45, 2.75) is 31.1 Å². The summed E-state index contributed by atoms with van der Waals surface area (Å²) in [5.74, 6) is 0. The van der Waals surface area contributed by atoms with Crippen molar-refractivity contribution in [3.63, 3.8) is 0 Å². The van der Waals surface area contributed by atoms with E-state index >= 15 is 0 Å². The quantitative estimate of drug-likeness (QED) is 0.539. The van der Waals surface area contributed by atoms with Gasteiger partial charge in [-0.15, -0.1) is 23.4 Å². The van der Waals surface area contributed by atoms with Crippen molar-refractivity contribution in [2.75, 3.05) is 14.2 Å². The lowest BCUT2D eigenvalue weighted by atomic mass is 10.5. The lowest BCUT2D eigenvalue weighted by Gasteiger charge is -2.22. The van der Waals surface area contributed by atoms with Crippen LogP contribution in [0.2, 0.25) is 0 Å². The molecule has 0 aromatic carbocycles. The molecule has 0 saturated heterocycles. The molecule has 0 heterocycles. The van der Waals surface area contributed by atoms with Gasteiger partial charge in [0.05, 0.1) is 0 Å². The van der Waals surface area contributed by atoms with E-state index < -0.39 is 12.7 Å². The predicted molar refractivity (Wildman–Crippen MR) is 67.7 cm³/mol. The number of alkyl halides is 1. The summed E-state index contributed by atoms with van der Waals surface area (Å²) >= 11 is 7.66. The van der Waals surface area contributed by atoms with Gasteiger partial charge in [-0.25, -0.2) is 0 Å². The molecule has 0 aromatic rings. The minimum absolute atomic E-state index is 0.375. The molecule has 0 aliphatic heterocycles. The van der Waals surface area contributed by atoms with Gasteiger partial charge in [-0.05, 0) is 6.92 Å². The molecule has 0 amide bonds. The average molecular weight is 273 g/mol. The Kier molecular flexibility index (Phi) is 7.22. The Labute approximate surface area is 101 Å². The van der Waals surface area contributed by atoms with Crippen molar-refractivity contribution in [3.05, 3.63) is 11.0 Å². The van der Waals surface area contributed by atoms with E-state index in [1.54, 1.807) is 11.8 Å². The van der Waals surface area contributed by atoms with Crippen molar-refractivity contribution in [2.24, 2.45) is 0 Å². The summed E-state index contributed by atoms with van der Waals surface area (Å²) in [6.45, 7) is 5.94. The van der Waals surface area contributed by atoms with E-state index in [2.05, 4.69) is 0 Å². The van der Waals surface area contributed by atoms with Crippen LogP contribution in [-0.4, -0.2) is 24.6 Å². The maximum absolute atomic E-state index is 12.0. The zero-order valence-corrected chi connectivity index (χ0v) is 12.2. The summed E-state index contributed by atoms with van der Waals surface area (Å²) in [5.41, 5.74) is 0. The van der Waals surface area contributed by atoms with Gasteiger partial charge in [0.25, 0.3) is 0 Å². The van der Waals surface area contributed by atoms with Crippen LogP contribution in [0.5, 0.6) is 0 Å². The minimum atomic E-state index is -3.22. The third kappa shape index (κ3) is 4.49. The lowest BCUT2D eigenvalue weighted by molar-refractivity contribution is 0.276. The monoisotopic (exact) mass is 272 g/mol. The predicted octanol–water partition coefficient (Wildman–Crippen LogP) is 4.08. The van der Waals surface area contributed by atoms with Gasteiger partial charge in [0, 0.05) is 24.4 Å². The molecule has 0 fully saturated rings. The van der Waals surface area contributed by atoms with Gasteiger partial charge in [0.15, 0.2) is 5.12 Å². The standard InChI is InChI=1S/C9H18ClO3PS/c1-6-8(15-7(2)3)9(10)14(11,12-4)13-5/h6-7,9H,1-5H3. The van der Waals surface area contributed by atoms with Gasteiger partial charge in [-0.2, -0.15) is 0 Å². The van der Waals surface area contributed by atoms with Crippen LogP contribution >= 0.6 is 31.0 Å². The van der Waals surface area contributed by atoms with E-state index in [1.165, 1.54) is 14.2 Å². The molecule has 0 saturated carbocycles. The summed E-state index contributed by atoms with van der Waals surface area (Å²) in [4.78, 5) is 0.818. The molecule has 3 nitrogen and oxygen atoms in total. The molecule has 0 aliphatic rings. The Morgan fingerprint density at radius 2 is 1.87 bits per heavy atom. The molecular formula is C9H18ClO3PS. The Morgan fingerprint density at radius 3 is 2.13 bits per heavy atom. The lowest BCUT2D eigenvalue weighted by Crippen LogP contribution is -2.07. The summed E-state index contributed by atoms with van der Waals surface area (Å²) in [6, 6.07) is 0. The summed E-state index contributed by atoms with van der Waals surface area (Å²) in [6.07, 6.45) is 1.84. The van der Waals surface area contributed by atoms with Gasteiger partial charge in [0.2, 0.25) is 0 Å². The maximum Gasteiger partial charge on any atom is 0.352 e. The van der Waals surface area contributed by atoms with E-state index in [4.69, 9.17) is 20.6 Å². The molecule has 90 valence electrons. The second-order valence-electron chi connectivity index (χ2n) is 3.10. The zero-order chi connectivity index (χ0) is 12.1. The highest BCUT2D eigenvalue weighted by molar-refractivity contribution is 8.04. The van der Waals surface area contributed by atoms with Gasteiger partial charge in [0.1, 0.15) is 0 Å². The van der Waals surface area contributed by atoms with Crippen molar-refractivity contribution < 1.29 is 13.6 Å². The number of hydrogen-bond donors (Lipinski definition) is 0. The first-order chi connectivity index (χ1) is 6.91. The van der Waals surface area contributed by atoms with Gasteiger partial charge < -0.3 is 9.05 Å². The van der Waals surface area contributed by atoms with Crippen molar-refractivity contribution >= 4 is 31.0 Å². The third-order valence-corrected chi connectivity index (χ3v) is 6.00. The highest BCUT2D eigenvalue weighted by Crippen LogP contribution is 2.58. The summed E-state index contributed by atoms with van der Waals surface area (Å²) < 4.78 is 21.7. The van der Waals surface area contributed by atoms with Gasteiger partial charge >= 0.3 is 7.60 Å². The Morgan fingerprint density at radius 1 is 1.40 bits per heavy atom. The second kappa shape index (κ2) is 6.97. The van der Waals surface area contributed by atoms with E-state index in [-0.39, 0.29) is 0 Å². The molecular weight excluding hydrogens is 255 g/mol. The first kappa shape index (κ1) is 15.5. The average Bonchev–Trinajstić information content (AvgIpc) is 2.23. The third-order valence-electron chi connectivity index (χ3n) is 1.68. The Balaban J connectivity index is 4.80. The van der Waals surface area contributed by atoms with E-state index in [0.717, 1.165) is 4.91 Å².